The second-order valence-corrected chi connectivity index (χ2v) is 6.42. The number of carbonyl (C=O) groups is 2. The zero-order chi connectivity index (χ0) is 17.3. The number of benzene rings is 1. The summed E-state index contributed by atoms with van der Waals surface area (Å²) >= 11 is 0. The monoisotopic (exact) mass is 330 g/mol. The Morgan fingerprint density at radius 3 is 2.62 bits per heavy atom. The van der Waals surface area contributed by atoms with Crippen molar-refractivity contribution in [3.63, 3.8) is 0 Å². The second kappa shape index (κ2) is 6.23. The predicted molar refractivity (Wildman–Crippen MR) is 84.6 cm³/mol. The summed E-state index contributed by atoms with van der Waals surface area (Å²) in [5, 5.41) is 11.6. The molecule has 1 N–H and O–H groups in total. The van der Waals surface area contributed by atoms with Crippen LogP contribution in [0, 0.1) is 23.1 Å². The third-order valence-corrected chi connectivity index (χ3v) is 5.33. The number of nitrogens with one attached hydrogen (secondary N) is 1. The van der Waals surface area contributed by atoms with Crippen LogP contribution in [0.15, 0.2) is 12.1 Å². The maximum atomic E-state index is 15.0. The average Bonchev–Trinajstić information content (AvgIpc) is 2.53. The standard InChI is InChI=1S/C18H19FN2O3/c1-2-24-15(23)9-14(22)21-17-11(10-20)3-4-13(16(17)19)18-7-5-12(18)6-8-18/h3-4,12H,2,5-9H2,1H3,(H,21,22). The molecule has 2 fully saturated rings. The van der Waals surface area contributed by atoms with Crippen LogP contribution in [-0.2, 0) is 19.7 Å². The fourth-order valence-electron chi connectivity index (χ4n) is 3.86. The van der Waals surface area contributed by atoms with Gasteiger partial charge >= 0.3 is 5.97 Å². The van der Waals surface area contributed by atoms with Crippen LogP contribution in [-0.4, -0.2) is 18.5 Å². The number of anilines is 1. The molecule has 6 heteroatoms. The summed E-state index contributed by atoms with van der Waals surface area (Å²) in [7, 11) is 0. The van der Waals surface area contributed by atoms with E-state index in [2.05, 4.69) is 5.32 Å². The molecule has 0 spiro atoms. The van der Waals surface area contributed by atoms with Gasteiger partial charge in [0.2, 0.25) is 5.91 Å². The van der Waals surface area contributed by atoms with E-state index in [1.54, 1.807) is 19.1 Å². The first-order valence-electron chi connectivity index (χ1n) is 8.20. The van der Waals surface area contributed by atoms with Gasteiger partial charge in [0.15, 0.2) is 5.82 Å². The highest BCUT2D eigenvalue weighted by Crippen LogP contribution is 2.62. The van der Waals surface area contributed by atoms with Gasteiger partial charge in [-0.2, -0.15) is 5.26 Å². The molecule has 1 aromatic rings. The van der Waals surface area contributed by atoms with Gasteiger partial charge < -0.3 is 10.1 Å². The maximum absolute atomic E-state index is 15.0. The molecule has 0 atom stereocenters. The molecule has 0 heterocycles. The van der Waals surface area contributed by atoms with Crippen molar-refractivity contribution in [2.24, 2.45) is 5.92 Å². The highest BCUT2D eigenvalue weighted by atomic mass is 19.1. The molecular formula is C18H19FN2O3. The molecule has 0 saturated heterocycles. The van der Waals surface area contributed by atoms with E-state index in [-0.39, 0.29) is 23.3 Å². The van der Waals surface area contributed by atoms with E-state index in [0.29, 0.717) is 11.5 Å². The van der Waals surface area contributed by atoms with Gasteiger partial charge in [0.05, 0.1) is 17.9 Å². The topological polar surface area (TPSA) is 79.2 Å². The van der Waals surface area contributed by atoms with Crippen molar-refractivity contribution in [1.29, 1.82) is 5.26 Å². The molecule has 1 aromatic carbocycles. The van der Waals surface area contributed by atoms with Gasteiger partial charge in [0.25, 0.3) is 0 Å². The Labute approximate surface area is 139 Å². The number of halogens is 1. The van der Waals surface area contributed by atoms with E-state index in [1.807, 2.05) is 6.07 Å². The Morgan fingerprint density at radius 2 is 2.12 bits per heavy atom. The smallest absolute Gasteiger partial charge is 0.315 e. The summed E-state index contributed by atoms with van der Waals surface area (Å²) in [4.78, 5) is 23.3. The Balaban J connectivity index is 1.85. The first-order chi connectivity index (χ1) is 11.5. The minimum absolute atomic E-state index is 0.0556. The third-order valence-electron chi connectivity index (χ3n) is 5.33. The largest absolute Gasteiger partial charge is 0.466 e. The van der Waals surface area contributed by atoms with Crippen LogP contribution in [0.25, 0.3) is 0 Å². The van der Waals surface area contributed by atoms with Crippen LogP contribution in [0.2, 0.25) is 0 Å². The SMILES string of the molecule is CCOC(=O)CC(=O)Nc1c(C#N)ccc(C23CCC2CC3)c1F. The summed E-state index contributed by atoms with van der Waals surface area (Å²) in [5.41, 5.74) is 0.380. The lowest BCUT2D eigenvalue weighted by molar-refractivity contribution is -0.145. The summed E-state index contributed by atoms with van der Waals surface area (Å²) in [6.45, 7) is 1.81. The van der Waals surface area contributed by atoms with Crippen molar-refractivity contribution in [2.75, 3.05) is 11.9 Å². The average molecular weight is 330 g/mol. The van der Waals surface area contributed by atoms with E-state index < -0.39 is 24.1 Å². The summed E-state index contributed by atoms with van der Waals surface area (Å²) in [6.07, 6.45) is 3.58. The lowest BCUT2D eigenvalue weighted by atomic mass is 9.45. The molecule has 0 bridgehead atoms. The number of rotatable bonds is 5. The molecule has 0 aromatic heterocycles. The summed E-state index contributed by atoms with van der Waals surface area (Å²) in [6, 6.07) is 5.10. The zero-order valence-corrected chi connectivity index (χ0v) is 13.5. The molecule has 24 heavy (non-hydrogen) atoms. The van der Waals surface area contributed by atoms with Crippen molar-refractivity contribution in [1.82, 2.24) is 0 Å². The minimum atomic E-state index is -0.683. The number of nitrogens with zero attached hydrogens (tertiary/aromatic N) is 1. The molecule has 2 aliphatic carbocycles. The van der Waals surface area contributed by atoms with Crippen molar-refractivity contribution < 1.29 is 18.7 Å². The number of nitriles is 1. The fourth-order valence-corrected chi connectivity index (χ4v) is 3.86. The van der Waals surface area contributed by atoms with E-state index in [4.69, 9.17) is 4.74 Å². The van der Waals surface area contributed by atoms with Crippen molar-refractivity contribution >= 4 is 17.6 Å². The number of fused-ring (bicyclic) bond motifs is 1. The molecule has 126 valence electrons. The van der Waals surface area contributed by atoms with Gasteiger partial charge in [0, 0.05) is 5.41 Å². The Bertz CT molecular complexity index is 731. The van der Waals surface area contributed by atoms with E-state index >= 15 is 4.39 Å². The van der Waals surface area contributed by atoms with Gasteiger partial charge in [0.1, 0.15) is 12.5 Å². The number of esters is 1. The summed E-state index contributed by atoms with van der Waals surface area (Å²) < 4.78 is 19.7. The Hall–Kier alpha value is -2.42. The second-order valence-electron chi connectivity index (χ2n) is 6.42. The molecule has 3 rings (SSSR count). The normalized spacial score (nSPS) is 24.0. The quantitative estimate of drug-likeness (QED) is 0.665. The van der Waals surface area contributed by atoms with Gasteiger partial charge in [-0.3, -0.25) is 9.59 Å². The highest BCUT2D eigenvalue weighted by Gasteiger charge is 2.55. The van der Waals surface area contributed by atoms with Gasteiger partial charge in [-0.1, -0.05) is 6.07 Å². The maximum Gasteiger partial charge on any atom is 0.315 e. The fraction of sp³-hybridized carbons (Fsp3) is 0.500. The van der Waals surface area contributed by atoms with Gasteiger partial charge in [-0.05, 0) is 50.2 Å². The summed E-state index contributed by atoms with van der Waals surface area (Å²) in [5.74, 6) is -1.40. The van der Waals surface area contributed by atoms with E-state index in [1.165, 1.54) is 0 Å². The molecular weight excluding hydrogens is 311 g/mol. The number of hydrogen-bond donors (Lipinski definition) is 1. The van der Waals surface area contributed by atoms with Crippen LogP contribution >= 0.6 is 0 Å². The number of carbonyl (C=O) groups excluding carboxylic acids is 2. The number of amides is 1. The van der Waals surface area contributed by atoms with Crippen LogP contribution in [0.5, 0.6) is 0 Å². The van der Waals surface area contributed by atoms with Gasteiger partial charge in [-0.15, -0.1) is 0 Å². The van der Waals surface area contributed by atoms with Gasteiger partial charge in [-0.25, -0.2) is 4.39 Å². The van der Waals surface area contributed by atoms with Crippen molar-refractivity contribution in [3.05, 3.63) is 29.1 Å². The molecule has 0 radical (unpaired) electrons. The predicted octanol–water partition coefficient (Wildman–Crippen LogP) is 3.03. The molecule has 0 aliphatic heterocycles. The van der Waals surface area contributed by atoms with Crippen LogP contribution < -0.4 is 5.32 Å². The lowest BCUT2D eigenvalue weighted by Crippen LogP contribution is -2.53. The first-order valence-corrected chi connectivity index (χ1v) is 8.20. The third kappa shape index (κ3) is 2.54. The lowest BCUT2D eigenvalue weighted by Gasteiger charge is -2.59. The van der Waals surface area contributed by atoms with Crippen molar-refractivity contribution in [3.8, 4) is 6.07 Å². The first kappa shape index (κ1) is 16.4. The van der Waals surface area contributed by atoms with E-state index in [0.717, 1.165) is 25.7 Å². The zero-order valence-electron chi connectivity index (χ0n) is 13.5. The molecule has 5 nitrogen and oxygen atoms in total. The van der Waals surface area contributed by atoms with E-state index in [9.17, 15) is 14.9 Å². The van der Waals surface area contributed by atoms with Crippen LogP contribution in [0.1, 0.15) is 50.2 Å². The van der Waals surface area contributed by atoms with Crippen LogP contribution in [0.4, 0.5) is 10.1 Å². The molecule has 2 saturated carbocycles. The van der Waals surface area contributed by atoms with Crippen molar-refractivity contribution in [2.45, 2.75) is 44.4 Å². The number of hydrogen-bond acceptors (Lipinski definition) is 4. The van der Waals surface area contributed by atoms with Crippen LogP contribution in [0.3, 0.4) is 0 Å². The highest BCUT2D eigenvalue weighted by molar-refractivity contribution is 6.02. The Kier molecular flexibility index (Phi) is 4.27. The molecule has 0 unspecified atom stereocenters. The number of ether oxygens (including phenoxy) is 1. The Morgan fingerprint density at radius 1 is 1.42 bits per heavy atom. The minimum Gasteiger partial charge on any atom is -0.466 e. The molecule has 1 amide bonds. The molecule has 2 aliphatic rings.